The molecule has 0 bridgehead atoms. The van der Waals surface area contributed by atoms with E-state index in [4.69, 9.17) is 24.0 Å². The van der Waals surface area contributed by atoms with Crippen LogP contribution in [0, 0.1) is 0 Å². The van der Waals surface area contributed by atoms with E-state index in [9.17, 15) is 0 Å². The van der Waals surface area contributed by atoms with E-state index < -0.39 is 7.82 Å². The van der Waals surface area contributed by atoms with Crippen LogP contribution in [0.25, 0.3) is 0 Å². The Morgan fingerprint density at radius 3 is 1.14 bits per heavy atom. The zero-order chi connectivity index (χ0) is 6.50. The van der Waals surface area contributed by atoms with Gasteiger partial charge in [0.1, 0.15) is 0 Å². The fourth-order valence-electron chi connectivity index (χ4n) is 0. The van der Waals surface area contributed by atoms with Crippen molar-refractivity contribution in [3.63, 3.8) is 0 Å². The Bertz CT molecular complexity index is 54.2. The standard InChI is InChI=1S/H3O4P.HOSi/c1-5(2,3)4;1-2/h(H3,1,2,3,4);1H. The molecule has 0 aromatic carbocycles. The van der Waals surface area contributed by atoms with Crippen LogP contribution in [0.15, 0.2) is 0 Å². The van der Waals surface area contributed by atoms with Gasteiger partial charge in [0.15, 0.2) is 0 Å². The summed E-state index contributed by atoms with van der Waals surface area (Å²) in [5.41, 5.74) is 0. The number of rotatable bonds is 0. The highest BCUT2D eigenvalue weighted by Crippen LogP contribution is 2.25. The molecule has 0 fully saturated rings. The molecule has 0 aliphatic heterocycles. The summed E-state index contributed by atoms with van der Waals surface area (Å²) in [6, 6.07) is 0. The summed E-state index contributed by atoms with van der Waals surface area (Å²) in [5, 5.41) is 0. The molecule has 7 heavy (non-hydrogen) atoms. The fraction of sp³-hybridized carbons (Fsp3) is 0. The Morgan fingerprint density at radius 2 is 1.14 bits per heavy atom. The van der Waals surface area contributed by atoms with Gasteiger partial charge in [0, 0.05) is 0 Å². The van der Waals surface area contributed by atoms with Gasteiger partial charge < -0.3 is 19.5 Å². The van der Waals surface area contributed by atoms with Crippen LogP contribution in [0.1, 0.15) is 0 Å². The maximum Gasteiger partial charge on any atom is 0.466 e. The summed E-state index contributed by atoms with van der Waals surface area (Å²) >= 11 is 0. The van der Waals surface area contributed by atoms with Crippen molar-refractivity contribution in [1.29, 1.82) is 0 Å². The molecule has 0 saturated carbocycles. The first kappa shape index (κ1) is 10.3. The minimum absolute atomic E-state index is 1.97. The van der Waals surface area contributed by atoms with Crippen LogP contribution in [0.2, 0.25) is 0 Å². The van der Waals surface area contributed by atoms with Gasteiger partial charge in [-0.25, -0.2) is 4.57 Å². The summed E-state index contributed by atoms with van der Waals surface area (Å²) in [5.74, 6) is 0. The topological polar surface area (TPSA) is 98.0 Å². The van der Waals surface area contributed by atoms with Gasteiger partial charge in [0.05, 0.1) is 0 Å². The highest BCUT2D eigenvalue weighted by Gasteiger charge is 2.00. The second-order valence-electron chi connectivity index (χ2n) is 0.513. The molecule has 0 saturated heterocycles. The normalized spacial score (nSPS) is 9.29. The van der Waals surface area contributed by atoms with Crippen LogP contribution in [0.3, 0.4) is 0 Å². The van der Waals surface area contributed by atoms with Gasteiger partial charge in [0.25, 0.3) is 0 Å². The summed E-state index contributed by atoms with van der Waals surface area (Å²) < 4.78 is 8.88. The fourth-order valence-corrected chi connectivity index (χ4v) is 0. The molecule has 0 rings (SSSR count). The molecule has 0 spiro atoms. The first-order chi connectivity index (χ1) is 3.00. The van der Waals surface area contributed by atoms with Crippen molar-refractivity contribution in [2.75, 3.05) is 0 Å². The van der Waals surface area contributed by atoms with Crippen molar-refractivity contribution in [3.8, 4) is 0 Å². The molecule has 0 heterocycles. The van der Waals surface area contributed by atoms with E-state index in [-0.39, 0.29) is 0 Å². The third kappa shape index (κ3) is 1400. The monoisotopic (exact) mass is 143 g/mol. The molecule has 0 amide bonds. The second kappa shape index (κ2) is 4.45. The van der Waals surface area contributed by atoms with E-state index in [1.165, 1.54) is 0 Å². The van der Waals surface area contributed by atoms with Crippen LogP contribution >= 0.6 is 7.82 Å². The first-order valence-corrected chi connectivity index (χ1v) is 3.02. The maximum atomic E-state index is 8.88. The van der Waals surface area contributed by atoms with E-state index in [1.54, 1.807) is 0 Å². The smallest absolute Gasteiger partial charge is 0.433 e. The molecule has 0 aromatic rings. The summed E-state index contributed by atoms with van der Waals surface area (Å²) in [6.07, 6.45) is 0. The lowest BCUT2D eigenvalue weighted by atomic mass is 15.8. The molecule has 43 valence electrons. The van der Waals surface area contributed by atoms with Crippen LogP contribution in [0.4, 0.5) is 0 Å². The largest absolute Gasteiger partial charge is 0.466 e. The number of phosphoric acid groups is 1. The van der Waals surface area contributed by atoms with Crippen molar-refractivity contribution in [1.82, 2.24) is 0 Å². The average molecular weight is 143 g/mol. The highest BCUT2D eigenvalue weighted by atomic mass is 31.2. The predicted molar refractivity (Wildman–Crippen MR) is 22.2 cm³/mol. The van der Waals surface area contributed by atoms with Crippen LogP contribution in [-0.2, 0) is 4.57 Å². The van der Waals surface area contributed by atoms with Crippen LogP contribution in [0.5, 0.6) is 0 Å². The third-order valence-electron chi connectivity index (χ3n) is 0. The van der Waals surface area contributed by atoms with Gasteiger partial charge in [-0.15, -0.1) is 0 Å². The molecule has 0 unspecified atom stereocenters. The van der Waals surface area contributed by atoms with E-state index in [0.29, 0.717) is 0 Å². The van der Waals surface area contributed by atoms with Crippen molar-refractivity contribution >= 4 is 18.3 Å². The first-order valence-electron chi connectivity index (χ1n) is 1.01. The molecule has 0 aliphatic carbocycles. The van der Waals surface area contributed by atoms with E-state index in [0.717, 1.165) is 0 Å². The van der Waals surface area contributed by atoms with E-state index >= 15 is 0 Å². The van der Waals surface area contributed by atoms with Crippen molar-refractivity contribution in [3.05, 3.63) is 0 Å². The van der Waals surface area contributed by atoms with Gasteiger partial charge >= 0.3 is 7.82 Å². The summed E-state index contributed by atoms with van der Waals surface area (Å²) in [6.45, 7) is 0. The van der Waals surface area contributed by atoms with E-state index in [2.05, 4.69) is 0 Å². The molecular formula is H4O5PSi. The molecule has 0 atom stereocenters. The van der Waals surface area contributed by atoms with Gasteiger partial charge in [-0.05, 0) is 0 Å². The number of hydrogen-bond donors (Lipinski definition) is 4. The summed E-state index contributed by atoms with van der Waals surface area (Å²) in [7, 11) is -2.67. The Labute approximate surface area is 43.4 Å². The van der Waals surface area contributed by atoms with Gasteiger partial charge in [0.2, 0.25) is 10.5 Å². The van der Waals surface area contributed by atoms with Crippen molar-refractivity contribution in [2.45, 2.75) is 0 Å². The Balaban J connectivity index is 0. The zero-order valence-corrected chi connectivity index (χ0v) is 5.04. The molecule has 5 nitrogen and oxygen atoms in total. The molecule has 4 N–H and O–H groups in total. The molecule has 3 radical (unpaired) electrons. The van der Waals surface area contributed by atoms with Crippen molar-refractivity contribution < 1.29 is 24.0 Å². The Hall–Kier alpha value is 0.287. The molecular weight excluding hydrogens is 139 g/mol. The van der Waals surface area contributed by atoms with Gasteiger partial charge in [-0.1, -0.05) is 0 Å². The minimum atomic E-state index is -4.64. The van der Waals surface area contributed by atoms with E-state index in [1.807, 2.05) is 10.5 Å². The Kier molecular flexibility index (Phi) is 6.54. The van der Waals surface area contributed by atoms with Crippen LogP contribution < -0.4 is 0 Å². The zero-order valence-electron chi connectivity index (χ0n) is 3.14. The molecule has 0 aliphatic rings. The minimum Gasteiger partial charge on any atom is -0.433 e. The molecule has 0 aromatic heterocycles. The van der Waals surface area contributed by atoms with Crippen molar-refractivity contribution in [2.24, 2.45) is 0 Å². The summed E-state index contributed by atoms with van der Waals surface area (Å²) in [4.78, 5) is 28.4. The predicted octanol–water partition coefficient (Wildman–Crippen LogP) is -1.87. The molecule has 7 heteroatoms. The quantitative estimate of drug-likeness (QED) is 0.235. The lowest BCUT2D eigenvalue weighted by Crippen LogP contribution is -1.66. The van der Waals surface area contributed by atoms with Gasteiger partial charge in [-0.3, -0.25) is 0 Å². The second-order valence-corrected chi connectivity index (χ2v) is 1.54. The van der Waals surface area contributed by atoms with Gasteiger partial charge in [-0.2, -0.15) is 0 Å². The lowest BCUT2D eigenvalue weighted by molar-refractivity contribution is 0.275. The number of hydrogen-bond acceptors (Lipinski definition) is 2. The third-order valence-corrected chi connectivity index (χ3v) is 0. The Morgan fingerprint density at radius 1 is 1.14 bits per heavy atom. The average Bonchev–Trinajstić information content (AvgIpc) is 1.36. The lowest BCUT2D eigenvalue weighted by Gasteiger charge is -1.82. The highest BCUT2D eigenvalue weighted by molar-refractivity contribution is 7.45. The van der Waals surface area contributed by atoms with Crippen LogP contribution in [-0.4, -0.2) is 30.0 Å². The SMILES string of the molecule is O=P(O)(O)O.O[Si]. The maximum absolute atomic E-state index is 8.88.